The Bertz CT molecular complexity index is 2470. The lowest BCUT2D eigenvalue weighted by Crippen LogP contribution is -1.82. The molecule has 0 saturated heterocycles. The van der Waals surface area contributed by atoms with Crippen molar-refractivity contribution in [2.24, 2.45) is 0 Å². The fraction of sp³-hybridized carbons (Fsp3) is 0.0312. The smallest absolute Gasteiger partial charge is 0.106 e. The normalized spacial score (nSPS) is 10.4. The molecular weight excluding hydrogens is 905 g/mol. The van der Waals surface area contributed by atoms with Crippen molar-refractivity contribution >= 4 is 33.0 Å². The number of nitrogens with zero attached hydrogens (tertiary/aromatic N) is 4. The molecule has 2 aliphatic heterocycles. The van der Waals surface area contributed by atoms with Gasteiger partial charge in [0.1, 0.15) is 6.61 Å². The summed E-state index contributed by atoms with van der Waals surface area (Å²) < 4.78 is 14.1. The van der Waals surface area contributed by atoms with E-state index < -0.39 is 0 Å². The first kappa shape index (κ1) is 55.4. The largest absolute Gasteiger partial charge is 0.497 e. The first-order valence-corrected chi connectivity index (χ1v) is 24.1. The van der Waals surface area contributed by atoms with Crippen molar-refractivity contribution in [3.05, 3.63) is 340 Å². The lowest BCUT2D eigenvalue weighted by atomic mass is 10.1. The van der Waals surface area contributed by atoms with Gasteiger partial charge in [-0.15, -0.1) is 0 Å². The van der Waals surface area contributed by atoms with Gasteiger partial charge in [0.05, 0.1) is 36.8 Å². The van der Waals surface area contributed by atoms with Crippen LogP contribution in [0.1, 0.15) is 6.42 Å². The zero-order valence-electron chi connectivity index (χ0n) is 40.2. The number of aromatic nitrogens is 4. The van der Waals surface area contributed by atoms with Crippen molar-refractivity contribution in [1.82, 2.24) is 19.9 Å². The zero-order chi connectivity index (χ0) is 50.1. The van der Waals surface area contributed by atoms with E-state index in [1.807, 2.05) is 163 Å². The van der Waals surface area contributed by atoms with Gasteiger partial charge in [0.15, 0.2) is 0 Å². The highest BCUT2D eigenvalue weighted by molar-refractivity contribution is 7.07. The van der Waals surface area contributed by atoms with Gasteiger partial charge in [-0.25, -0.2) is 0 Å². The molecule has 0 atom stereocenters. The van der Waals surface area contributed by atoms with Crippen molar-refractivity contribution in [2.45, 2.75) is 6.42 Å². The number of allylic oxidation sites excluding steroid dienone is 4. The van der Waals surface area contributed by atoms with Crippen LogP contribution in [0.3, 0.4) is 0 Å². The fourth-order valence-electron chi connectivity index (χ4n) is 5.51. The van der Waals surface area contributed by atoms with Crippen LogP contribution in [0, 0.1) is 0 Å². The number of furan rings is 1. The van der Waals surface area contributed by atoms with E-state index in [0.29, 0.717) is 0 Å². The Hall–Kier alpha value is -9.24. The van der Waals surface area contributed by atoms with Crippen LogP contribution in [0.5, 0.6) is 0 Å². The topological polar surface area (TPSA) is 83.2 Å². The molecule has 7 heterocycles. The third kappa shape index (κ3) is 28.8. The number of ether oxygens (including phenoxy) is 2. The minimum Gasteiger partial charge on any atom is -0.497 e. The highest BCUT2D eigenvalue weighted by Gasteiger charge is 1.92. The van der Waals surface area contributed by atoms with Gasteiger partial charge in [-0.05, 0) is 99.8 Å². The quantitative estimate of drug-likeness (QED) is 0.162. The van der Waals surface area contributed by atoms with Gasteiger partial charge in [0.25, 0.3) is 0 Å². The number of hydrogen-bond acceptors (Lipinski definition) is 8. The van der Waals surface area contributed by atoms with E-state index in [4.69, 9.17) is 9.47 Å². The van der Waals surface area contributed by atoms with E-state index in [1.54, 1.807) is 79.8 Å². The number of pyridine rings is 2. The monoisotopic (exact) mass is 964 g/mol. The average Bonchev–Trinajstić information content (AvgIpc) is 4.32. The van der Waals surface area contributed by atoms with Gasteiger partial charge in [-0.3, -0.25) is 19.9 Å². The predicted molar refractivity (Wildman–Crippen MR) is 302 cm³/mol. The molecule has 0 bridgehead atoms. The molecule has 13 rings (SSSR count). The molecule has 0 fully saturated rings. The van der Waals surface area contributed by atoms with Gasteiger partial charge in [0.2, 0.25) is 0 Å². The maximum absolute atomic E-state index is 4.80. The van der Waals surface area contributed by atoms with Crippen LogP contribution >= 0.6 is 11.3 Å². The lowest BCUT2D eigenvalue weighted by molar-refractivity contribution is 0.286. The highest BCUT2D eigenvalue weighted by Crippen LogP contribution is 2.17. The summed E-state index contributed by atoms with van der Waals surface area (Å²) in [5, 5.41) is 7.90. The number of hydrogen-bond donors (Lipinski definition) is 0. The molecule has 8 heteroatoms. The number of rotatable bonds is 1. The number of para-hydroxylation sites is 1. The maximum Gasteiger partial charge on any atom is 0.106 e. The van der Waals surface area contributed by atoms with Crippen LogP contribution in [-0.2, 0) is 9.47 Å². The third-order valence-corrected chi connectivity index (χ3v) is 9.48. The summed E-state index contributed by atoms with van der Waals surface area (Å²) in [6.07, 6.45) is 30.9. The summed E-state index contributed by atoms with van der Waals surface area (Å²) in [6, 6.07) is 75.0. The molecule has 2 aliphatic rings. The lowest BCUT2D eigenvalue weighted by Gasteiger charge is -1.98. The van der Waals surface area contributed by atoms with Crippen LogP contribution in [-0.4, -0.2) is 26.5 Å². The minimum absolute atomic E-state index is 0.733. The summed E-state index contributed by atoms with van der Waals surface area (Å²) in [7, 11) is 0. The molecule has 11 aromatic rings. The second kappa shape index (κ2) is 40.8. The van der Waals surface area contributed by atoms with Crippen molar-refractivity contribution in [1.29, 1.82) is 0 Å². The van der Waals surface area contributed by atoms with E-state index in [0.717, 1.165) is 18.5 Å². The summed E-state index contributed by atoms with van der Waals surface area (Å²) in [4.78, 5) is 15.4. The van der Waals surface area contributed by atoms with Crippen molar-refractivity contribution in [2.75, 3.05) is 6.61 Å². The predicted octanol–water partition coefficient (Wildman–Crippen LogP) is 17.2. The SMILES string of the molecule is C1=CCOC=C1.C1=COC=CC1.c1ccc(-c2ccccc2)cc1.c1ccc2ccccc2c1.c1ccc2ncccc2c1.c1ccccc1.c1ccncc1.c1ccoc1.c1ccsc1.c1cnccn1. The first-order chi connectivity index (χ1) is 35.9. The molecule has 0 radical (unpaired) electrons. The summed E-state index contributed by atoms with van der Waals surface area (Å²) in [5.41, 5.74) is 3.61. The Morgan fingerprint density at radius 1 is 0.347 bits per heavy atom. The van der Waals surface area contributed by atoms with Crippen LogP contribution in [0.15, 0.2) is 345 Å². The Labute approximate surface area is 429 Å². The molecule has 0 N–H and O–H groups in total. The van der Waals surface area contributed by atoms with Gasteiger partial charge in [0, 0.05) is 48.8 Å². The van der Waals surface area contributed by atoms with Gasteiger partial charge in [-0.2, -0.15) is 11.3 Å². The Balaban J connectivity index is 0.000000176. The van der Waals surface area contributed by atoms with Crippen LogP contribution < -0.4 is 0 Å². The third-order valence-electron chi connectivity index (χ3n) is 8.85. The van der Waals surface area contributed by atoms with Crippen molar-refractivity contribution in [3.8, 4) is 11.1 Å². The molecule has 0 spiro atoms. The van der Waals surface area contributed by atoms with Crippen molar-refractivity contribution in [3.63, 3.8) is 0 Å². The Morgan fingerprint density at radius 3 is 1.10 bits per heavy atom. The second-order valence-corrected chi connectivity index (χ2v) is 15.0. The van der Waals surface area contributed by atoms with E-state index in [-0.39, 0.29) is 0 Å². The van der Waals surface area contributed by atoms with Crippen LogP contribution in [0.4, 0.5) is 0 Å². The minimum atomic E-state index is 0.733. The number of fused-ring (bicyclic) bond motifs is 2. The molecule has 360 valence electrons. The van der Waals surface area contributed by atoms with Crippen LogP contribution in [0.25, 0.3) is 32.8 Å². The molecule has 5 aromatic heterocycles. The van der Waals surface area contributed by atoms with Gasteiger partial charge in [-0.1, -0.05) is 194 Å². The molecular formula is C64H60N4O3S. The maximum atomic E-state index is 4.80. The van der Waals surface area contributed by atoms with E-state index in [1.165, 1.54) is 27.3 Å². The zero-order valence-corrected chi connectivity index (χ0v) is 41.0. The van der Waals surface area contributed by atoms with Gasteiger partial charge >= 0.3 is 0 Å². The molecule has 0 amide bonds. The number of thiophene rings is 1. The van der Waals surface area contributed by atoms with E-state index in [2.05, 4.69) is 134 Å². The summed E-state index contributed by atoms with van der Waals surface area (Å²) in [5.74, 6) is 0. The van der Waals surface area contributed by atoms with E-state index >= 15 is 0 Å². The molecule has 0 saturated carbocycles. The Kier molecular flexibility index (Phi) is 31.4. The summed E-state index contributed by atoms with van der Waals surface area (Å²) >= 11 is 1.71. The molecule has 6 aromatic carbocycles. The average molecular weight is 965 g/mol. The van der Waals surface area contributed by atoms with E-state index in [9.17, 15) is 0 Å². The first-order valence-electron chi connectivity index (χ1n) is 23.1. The highest BCUT2D eigenvalue weighted by atomic mass is 32.1. The Morgan fingerprint density at radius 2 is 0.792 bits per heavy atom. The van der Waals surface area contributed by atoms with Gasteiger partial charge < -0.3 is 13.9 Å². The number of benzene rings is 6. The summed E-state index contributed by atoms with van der Waals surface area (Å²) in [6.45, 7) is 0.733. The van der Waals surface area contributed by atoms with Crippen molar-refractivity contribution < 1.29 is 13.9 Å². The van der Waals surface area contributed by atoms with Crippen LogP contribution in [0.2, 0.25) is 0 Å². The molecule has 0 unspecified atom stereocenters. The fourth-order valence-corrected chi connectivity index (χ4v) is 5.96. The molecule has 0 aliphatic carbocycles. The molecule has 7 nitrogen and oxygen atoms in total. The standard InChI is InChI=1S/C12H10.C10H8.C9H7N.C6H6.C5H5N.2C5H6O.C4H4N2.C4H4O.C4H4S/c1-3-7-11(8-4-1)12-9-5-2-6-10-12;1-2-6-10-8-4-3-7-9(10)5-1;1-2-6-9-8(4-1)5-3-7-10-9;4*1-2-4-6-5-3-1;1-2-6-4-3-5-1;2*1-2-4-5-3-1/h1-10H;1-8H;1-7H;1-6H;1-5H;2-5H,1H2;1-4H,5H2;1-4H;2*1-4H. The molecule has 72 heavy (non-hydrogen) atoms. The second-order valence-electron chi connectivity index (χ2n) is 14.1.